The number of carbonyl (C=O) groups excluding carboxylic acids is 2. The van der Waals surface area contributed by atoms with Crippen LogP contribution in [0.4, 0.5) is 5.69 Å². The number of nitrogens with zero attached hydrogens (tertiary/aromatic N) is 1. The molecule has 0 spiro atoms. The topological polar surface area (TPSA) is 58.6 Å². The number of benzene rings is 2. The lowest BCUT2D eigenvalue weighted by molar-refractivity contribution is -0.122. The molecule has 2 amide bonds. The highest BCUT2D eigenvalue weighted by atomic mass is 16.5. The zero-order valence-electron chi connectivity index (χ0n) is 17.7. The summed E-state index contributed by atoms with van der Waals surface area (Å²) in [5.74, 6) is 0.533. The van der Waals surface area contributed by atoms with Gasteiger partial charge in [0.15, 0.2) is 6.10 Å². The predicted molar refractivity (Wildman–Crippen MR) is 118 cm³/mol. The zero-order valence-corrected chi connectivity index (χ0v) is 17.7. The Morgan fingerprint density at radius 2 is 1.70 bits per heavy atom. The van der Waals surface area contributed by atoms with Gasteiger partial charge < -0.3 is 15.0 Å². The first-order valence-electron chi connectivity index (χ1n) is 11.1. The van der Waals surface area contributed by atoms with Crippen molar-refractivity contribution in [3.8, 4) is 5.75 Å². The van der Waals surface area contributed by atoms with Crippen LogP contribution in [0.1, 0.15) is 60.5 Å². The number of likely N-dealkylation sites (tertiary alicyclic amines) is 1. The van der Waals surface area contributed by atoms with Gasteiger partial charge in [-0.05, 0) is 81.2 Å². The van der Waals surface area contributed by atoms with Crippen molar-refractivity contribution < 1.29 is 14.3 Å². The van der Waals surface area contributed by atoms with Crippen molar-refractivity contribution in [3.05, 3.63) is 59.2 Å². The second-order valence-corrected chi connectivity index (χ2v) is 8.25. The fourth-order valence-electron chi connectivity index (χ4n) is 4.38. The summed E-state index contributed by atoms with van der Waals surface area (Å²) in [5, 5.41) is 2.92. The Balaban J connectivity index is 1.46. The average Bonchev–Trinajstić information content (AvgIpc) is 2.80. The lowest BCUT2D eigenvalue weighted by atomic mass is 9.91. The highest BCUT2D eigenvalue weighted by Gasteiger charge is 2.24. The predicted octanol–water partition coefficient (Wildman–Crippen LogP) is 4.60. The van der Waals surface area contributed by atoms with Gasteiger partial charge in [-0.2, -0.15) is 0 Å². The third-order valence-electron chi connectivity index (χ3n) is 6.08. The number of fused-ring (bicyclic) bond motifs is 1. The summed E-state index contributed by atoms with van der Waals surface area (Å²) in [5.41, 5.74) is 3.63. The minimum Gasteiger partial charge on any atom is -0.481 e. The van der Waals surface area contributed by atoms with Crippen LogP contribution in [0, 0.1) is 0 Å². The van der Waals surface area contributed by atoms with Gasteiger partial charge in [-0.15, -0.1) is 0 Å². The number of anilines is 1. The van der Waals surface area contributed by atoms with E-state index in [1.807, 2.05) is 29.2 Å². The molecule has 0 aromatic heterocycles. The van der Waals surface area contributed by atoms with E-state index in [1.54, 1.807) is 19.1 Å². The van der Waals surface area contributed by atoms with Crippen LogP contribution in [0.3, 0.4) is 0 Å². The molecule has 0 radical (unpaired) electrons. The Morgan fingerprint density at radius 1 is 0.933 bits per heavy atom. The molecule has 4 rings (SSSR count). The van der Waals surface area contributed by atoms with Crippen LogP contribution in [0.2, 0.25) is 0 Å². The molecule has 1 heterocycles. The normalized spacial score (nSPS) is 17.0. The monoisotopic (exact) mass is 406 g/mol. The van der Waals surface area contributed by atoms with Gasteiger partial charge >= 0.3 is 0 Å². The Kier molecular flexibility index (Phi) is 6.36. The molecular weight excluding hydrogens is 376 g/mol. The summed E-state index contributed by atoms with van der Waals surface area (Å²) in [4.78, 5) is 27.7. The molecule has 1 saturated heterocycles. The minimum absolute atomic E-state index is 0.0173. The third kappa shape index (κ3) is 4.50. The number of ether oxygens (including phenoxy) is 1. The molecule has 1 aliphatic carbocycles. The van der Waals surface area contributed by atoms with E-state index in [4.69, 9.17) is 4.74 Å². The van der Waals surface area contributed by atoms with Crippen molar-refractivity contribution in [3.63, 3.8) is 0 Å². The number of aryl methyl sites for hydroxylation is 1. The molecule has 2 aliphatic rings. The summed E-state index contributed by atoms with van der Waals surface area (Å²) in [7, 11) is 0. The lowest BCUT2D eigenvalue weighted by Crippen LogP contribution is -2.36. The van der Waals surface area contributed by atoms with E-state index in [1.165, 1.54) is 24.0 Å². The molecule has 1 aliphatic heterocycles. The smallest absolute Gasteiger partial charge is 0.265 e. The molecule has 0 unspecified atom stereocenters. The van der Waals surface area contributed by atoms with Gasteiger partial charge in [0.25, 0.3) is 11.8 Å². The van der Waals surface area contributed by atoms with E-state index < -0.39 is 6.10 Å². The number of para-hydroxylation sites is 1. The van der Waals surface area contributed by atoms with Gasteiger partial charge in [-0.3, -0.25) is 9.59 Å². The summed E-state index contributed by atoms with van der Waals surface area (Å²) in [6.45, 7) is 3.31. The van der Waals surface area contributed by atoms with Crippen molar-refractivity contribution in [1.29, 1.82) is 0 Å². The van der Waals surface area contributed by atoms with Crippen LogP contribution in [-0.4, -0.2) is 35.9 Å². The number of hydrogen-bond acceptors (Lipinski definition) is 3. The Hall–Kier alpha value is -2.82. The number of piperidine rings is 1. The van der Waals surface area contributed by atoms with Gasteiger partial charge in [-0.25, -0.2) is 0 Å². The number of amides is 2. The zero-order chi connectivity index (χ0) is 20.9. The Morgan fingerprint density at radius 3 is 2.53 bits per heavy atom. The Bertz CT molecular complexity index is 918. The van der Waals surface area contributed by atoms with Crippen LogP contribution in [0.25, 0.3) is 0 Å². The van der Waals surface area contributed by atoms with Crippen molar-refractivity contribution in [2.45, 2.75) is 58.0 Å². The second-order valence-electron chi connectivity index (χ2n) is 8.25. The molecule has 2 aromatic rings. The standard InChI is InChI=1S/C25H30N2O3/c1-18(30-23-15-9-11-19-10-3-4-12-20(19)23)24(28)26-22-14-6-5-13-21(22)25(29)27-16-7-2-8-17-27/h5-6,9,11,13-15,18H,2-4,7-8,10,12,16-17H2,1H3,(H,26,28)/t18-/m0/s1. The maximum atomic E-state index is 13.0. The molecule has 5 nitrogen and oxygen atoms in total. The van der Waals surface area contributed by atoms with Gasteiger partial charge in [0.1, 0.15) is 5.75 Å². The quantitative estimate of drug-likeness (QED) is 0.790. The first kappa shape index (κ1) is 20.5. The summed E-state index contributed by atoms with van der Waals surface area (Å²) in [6, 6.07) is 13.3. The lowest BCUT2D eigenvalue weighted by Gasteiger charge is -2.27. The van der Waals surface area contributed by atoms with E-state index in [0.717, 1.165) is 50.9 Å². The fraction of sp³-hybridized carbons (Fsp3) is 0.440. The highest BCUT2D eigenvalue weighted by molar-refractivity contribution is 6.04. The van der Waals surface area contributed by atoms with E-state index in [0.29, 0.717) is 11.3 Å². The van der Waals surface area contributed by atoms with Crippen molar-refractivity contribution >= 4 is 17.5 Å². The molecule has 1 N–H and O–H groups in total. The maximum Gasteiger partial charge on any atom is 0.265 e. The first-order valence-corrected chi connectivity index (χ1v) is 11.1. The minimum atomic E-state index is -0.656. The van der Waals surface area contributed by atoms with Crippen LogP contribution in [-0.2, 0) is 17.6 Å². The summed E-state index contributed by atoms with van der Waals surface area (Å²) < 4.78 is 6.06. The van der Waals surface area contributed by atoms with Crippen molar-refractivity contribution in [1.82, 2.24) is 4.90 Å². The van der Waals surface area contributed by atoms with Gasteiger partial charge in [0.2, 0.25) is 0 Å². The van der Waals surface area contributed by atoms with Crippen LogP contribution < -0.4 is 10.1 Å². The van der Waals surface area contributed by atoms with E-state index in [-0.39, 0.29) is 11.8 Å². The molecular formula is C25H30N2O3. The fourth-order valence-corrected chi connectivity index (χ4v) is 4.38. The molecule has 5 heteroatoms. The van der Waals surface area contributed by atoms with Crippen molar-refractivity contribution in [2.75, 3.05) is 18.4 Å². The highest BCUT2D eigenvalue weighted by Crippen LogP contribution is 2.30. The first-order chi connectivity index (χ1) is 14.6. The number of hydrogen-bond donors (Lipinski definition) is 1. The van der Waals surface area contributed by atoms with Crippen LogP contribution in [0.15, 0.2) is 42.5 Å². The molecule has 2 aromatic carbocycles. The van der Waals surface area contributed by atoms with Gasteiger partial charge in [0, 0.05) is 13.1 Å². The summed E-state index contributed by atoms with van der Waals surface area (Å²) in [6.07, 6.45) is 7.00. The van der Waals surface area contributed by atoms with E-state index >= 15 is 0 Å². The molecule has 1 fully saturated rings. The SMILES string of the molecule is C[C@H](Oc1cccc2c1CCCC2)C(=O)Nc1ccccc1C(=O)N1CCCCC1. The van der Waals surface area contributed by atoms with E-state index in [9.17, 15) is 9.59 Å². The summed E-state index contributed by atoms with van der Waals surface area (Å²) >= 11 is 0. The van der Waals surface area contributed by atoms with Gasteiger partial charge in [-0.1, -0.05) is 24.3 Å². The average molecular weight is 407 g/mol. The molecule has 0 bridgehead atoms. The molecule has 0 saturated carbocycles. The number of carbonyl (C=O) groups is 2. The molecule has 1 atom stereocenters. The van der Waals surface area contributed by atoms with E-state index in [2.05, 4.69) is 11.4 Å². The molecule has 158 valence electrons. The third-order valence-corrected chi connectivity index (χ3v) is 6.08. The van der Waals surface area contributed by atoms with Crippen molar-refractivity contribution in [2.24, 2.45) is 0 Å². The molecule has 30 heavy (non-hydrogen) atoms. The second kappa shape index (κ2) is 9.33. The largest absolute Gasteiger partial charge is 0.481 e. The van der Waals surface area contributed by atoms with Crippen LogP contribution >= 0.6 is 0 Å². The number of rotatable bonds is 5. The van der Waals surface area contributed by atoms with Gasteiger partial charge in [0.05, 0.1) is 11.3 Å². The maximum absolute atomic E-state index is 13.0. The van der Waals surface area contributed by atoms with Crippen LogP contribution in [0.5, 0.6) is 5.75 Å². The Labute approximate surface area is 178 Å². The number of nitrogens with one attached hydrogen (secondary N) is 1.